The van der Waals surface area contributed by atoms with E-state index in [4.69, 9.17) is 11.5 Å². The Kier molecular flexibility index (Phi) is 3.64. The Morgan fingerprint density at radius 1 is 1.31 bits per heavy atom. The van der Waals surface area contributed by atoms with E-state index in [1.807, 2.05) is 0 Å². The predicted molar refractivity (Wildman–Crippen MR) is 53.5 cm³/mol. The Morgan fingerprint density at radius 2 is 2.00 bits per heavy atom. The maximum Gasteiger partial charge on any atom is 0.573 e. The van der Waals surface area contributed by atoms with Crippen molar-refractivity contribution < 1.29 is 17.9 Å². The van der Waals surface area contributed by atoms with E-state index < -0.39 is 6.36 Å². The van der Waals surface area contributed by atoms with E-state index in [1.165, 1.54) is 12.1 Å². The van der Waals surface area contributed by atoms with Gasteiger partial charge in [0.1, 0.15) is 5.75 Å². The fourth-order valence-corrected chi connectivity index (χ4v) is 1.01. The fourth-order valence-electron chi connectivity index (χ4n) is 1.01. The van der Waals surface area contributed by atoms with Gasteiger partial charge in [0.25, 0.3) is 0 Å². The number of hydrogen-bond donors (Lipinski definition) is 2. The molecule has 0 spiro atoms. The van der Waals surface area contributed by atoms with Crippen LogP contribution in [0.15, 0.2) is 18.2 Å². The highest BCUT2D eigenvalue weighted by Gasteiger charge is 2.31. The fraction of sp³-hybridized carbons (Fsp3) is 0.200. The smallest absolute Gasteiger partial charge is 0.404 e. The number of benzene rings is 1. The molecule has 0 unspecified atom stereocenters. The Bertz CT molecular complexity index is 432. The monoisotopic (exact) mass is 230 g/mol. The molecular formula is C10H9F3N2O. The van der Waals surface area contributed by atoms with Crippen LogP contribution in [0.2, 0.25) is 0 Å². The van der Waals surface area contributed by atoms with E-state index in [9.17, 15) is 13.2 Å². The number of nitrogens with two attached hydrogens (primary N) is 2. The summed E-state index contributed by atoms with van der Waals surface area (Å²) in [5.74, 6) is 4.50. The lowest BCUT2D eigenvalue weighted by Crippen LogP contribution is -2.17. The van der Waals surface area contributed by atoms with Crippen LogP contribution in [0.25, 0.3) is 0 Å². The minimum absolute atomic E-state index is 0.0419. The lowest BCUT2D eigenvalue weighted by molar-refractivity contribution is -0.274. The molecule has 0 fully saturated rings. The summed E-state index contributed by atoms with van der Waals surface area (Å²) in [5, 5.41) is 0. The van der Waals surface area contributed by atoms with Crippen molar-refractivity contribution in [2.24, 2.45) is 5.73 Å². The third-order valence-corrected chi connectivity index (χ3v) is 1.55. The summed E-state index contributed by atoms with van der Waals surface area (Å²) in [7, 11) is 0. The largest absolute Gasteiger partial charge is 0.573 e. The second-order valence-corrected chi connectivity index (χ2v) is 2.81. The number of alkyl halides is 3. The SMILES string of the molecule is NCC#Cc1cc(N)ccc1OC(F)(F)F. The minimum Gasteiger partial charge on any atom is -0.404 e. The molecule has 6 heteroatoms. The van der Waals surface area contributed by atoms with Gasteiger partial charge in [-0.05, 0) is 18.2 Å². The molecule has 0 bridgehead atoms. The van der Waals surface area contributed by atoms with Gasteiger partial charge in [0, 0.05) is 5.69 Å². The van der Waals surface area contributed by atoms with Crippen molar-refractivity contribution >= 4 is 5.69 Å². The summed E-state index contributed by atoms with van der Waals surface area (Å²) in [6.45, 7) is 0.0419. The lowest BCUT2D eigenvalue weighted by Gasteiger charge is -2.10. The van der Waals surface area contributed by atoms with Crippen LogP contribution in [0.1, 0.15) is 5.56 Å². The molecule has 1 rings (SSSR count). The molecule has 0 saturated heterocycles. The zero-order valence-corrected chi connectivity index (χ0v) is 8.14. The Morgan fingerprint density at radius 3 is 2.56 bits per heavy atom. The number of anilines is 1. The molecule has 0 radical (unpaired) electrons. The van der Waals surface area contributed by atoms with Crippen molar-refractivity contribution in [3.05, 3.63) is 23.8 Å². The van der Waals surface area contributed by atoms with Crippen LogP contribution in [0.4, 0.5) is 18.9 Å². The van der Waals surface area contributed by atoms with Crippen LogP contribution in [0, 0.1) is 11.8 Å². The first-order valence-corrected chi connectivity index (χ1v) is 4.26. The van der Waals surface area contributed by atoms with Gasteiger partial charge in [-0.1, -0.05) is 11.8 Å². The number of halogens is 3. The Labute approximate surface area is 90.2 Å². The Hall–Kier alpha value is -1.87. The summed E-state index contributed by atoms with van der Waals surface area (Å²) in [6.07, 6.45) is -4.75. The quantitative estimate of drug-likeness (QED) is 0.567. The van der Waals surface area contributed by atoms with Crippen molar-refractivity contribution in [2.75, 3.05) is 12.3 Å². The van der Waals surface area contributed by atoms with Crippen molar-refractivity contribution in [1.29, 1.82) is 0 Å². The van der Waals surface area contributed by atoms with Crippen molar-refractivity contribution in [3.8, 4) is 17.6 Å². The summed E-state index contributed by atoms with van der Waals surface area (Å²) in [5.41, 5.74) is 10.9. The number of ether oxygens (including phenoxy) is 1. The molecule has 0 saturated carbocycles. The van der Waals surface area contributed by atoms with Crippen LogP contribution < -0.4 is 16.2 Å². The first-order valence-electron chi connectivity index (χ1n) is 4.26. The zero-order chi connectivity index (χ0) is 12.2. The first-order chi connectivity index (χ1) is 7.42. The highest BCUT2D eigenvalue weighted by Crippen LogP contribution is 2.27. The van der Waals surface area contributed by atoms with Gasteiger partial charge in [-0.15, -0.1) is 13.2 Å². The molecule has 0 atom stereocenters. The average Bonchev–Trinajstić information content (AvgIpc) is 2.16. The number of hydrogen-bond acceptors (Lipinski definition) is 3. The van der Waals surface area contributed by atoms with E-state index in [0.717, 1.165) is 6.07 Å². The second-order valence-electron chi connectivity index (χ2n) is 2.81. The normalized spacial score (nSPS) is 10.5. The molecule has 0 aliphatic heterocycles. The molecule has 4 N–H and O–H groups in total. The highest BCUT2D eigenvalue weighted by atomic mass is 19.4. The van der Waals surface area contributed by atoms with Gasteiger partial charge in [0.2, 0.25) is 0 Å². The van der Waals surface area contributed by atoms with Gasteiger partial charge in [-0.3, -0.25) is 0 Å². The second kappa shape index (κ2) is 4.77. The van der Waals surface area contributed by atoms with Crippen LogP contribution in [0.5, 0.6) is 5.75 Å². The highest BCUT2D eigenvalue weighted by molar-refractivity contribution is 5.55. The number of nitrogen functional groups attached to an aromatic ring is 1. The molecule has 1 aromatic carbocycles. The first kappa shape index (κ1) is 12.2. The molecule has 0 heterocycles. The zero-order valence-electron chi connectivity index (χ0n) is 8.14. The Balaban J connectivity index is 3.08. The predicted octanol–water partition coefficient (Wildman–Crippen LogP) is 1.48. The van der Waals surface area contributed by atoms with Gasteiger partial charge in [0.15, 0.2) is 0 Å². The summed E-state index contributed by atoms with van der Waals surface area (Å²) in [4.78, 5) is 0. The average molecular weight is 230 g/mol. The summed E-state index contributed by atoms with van der Waals surface area (Å²) >= 11 is 0. The van der Waals surface area contributed by atoms with Gasteiger partial charge < -0.3 is 16.2 Å². The van der Waals surface area contributed by atoms with Crippen LogP contribution >= 0.6 is 0 Å². The molecular weight excluding hydrogens is 221 g/mol. The summed E-state index contributed by atoms with van der Waals surface area (Å²) < 4.78 is 39.8. The van der Waals surface area contributed by atoms with Crippen molar-refractivity contribution in [1.82, 2.24) is 0 Å². The van der Waals surface area contributed by atoms with Crippen LogP contribution in [-0.4, -0.2) is 12.9 Å². The van der Waals surface area contributed by atoms with E-state index in [-0.39, 0.29) is 17.9 Å². The minimum atomic E-state index is -4.75. The van der Waals surface area contributed by atoms with E-state index in [0.29, 0.717) is 5.69 Å². The standard InChI is InChI=1S/C10H9F3N2O/c11-10(12,13)16-9-4-3-8(15)6-7(9)2-1-5-14/h3-4,6H,5,14-15H2. The van der Waals surface area contributed by atoms with E-state index in [2.05, 4.69) is 16.6 Å². The molecule has 1 aromatic rings. The van der Waals surface area contributed by atoms with Crippen LogP contribution in [0.3, 0.4) is 0 Å². The third kappa shape index (κ3) is 3.71. The van der Waals surface area contributed by atoms with Gasteiger partial charge in [-0.2, -0.15) is 0 Å². The van der Waals surface area contributed by atoms with Crippen LogP contribution in [-0.2, 0) is 0 Å². The lowest BCUT2D eigenvalue weighted by atomic mass is 10.2. The topological polar surface area (TPSA) is 61.3 Å². The van der Waals surface area contributed by atoms with Gasteiger partial charge in [0.05, 0.1) is 12.1 Å². The van der Waals surface area contributed by atoms with Gasteiger partial charge in [-0.25, -0.2) is 0 Å². The molecule has 0 aliphatic carbocycles. The maximum atomic E-state index is 12.0. The third-order valence-electron chi connectivity index (χ3n) is 1.55. The maximum absolute atomic E-state index is 12.0. The number of rotatable bonds is 1. The van der Waals surface area contributed by atoms with Crippen molar-refractivity contribution in [2.45, 2.75) is 6.36 Å². The molecule has 16 heavy (non-hydrogen) atoms. The molecule has 0 aliphatic rings. The molecule has 86 valence electrons. The molecule has 3 nitrogen and oxygen atoms in total. The van der Waals surface area contributed by atoms with Gasteiger partial charge >= 0.3 is 6.36 Å². The van der Waals surface area contributed by atoms with E-state index in [1.54, 1.807) is 0 Å². The van der Waals surface area contributed by atoms with Crippen molar-refractivity contribution in [3.63, 3.8) is 0 Å². The van der Waals surface area contributed by atoms with E-state index >= 15 is 0 Å². The summed E-state index contributed by atoms with van der Waals surface area (Å²) in [6, 6.07) is 3.71. The molecule has 0 aromatic heterocycles. The molecule has 0 amide bonds.